The van der Waals surface area contributed by atoms with Crippen LogP contribution in [-0.4, -0.2) is 23.8 Å². The van der Waals surface area contributed by atoms with Gasteiger partial charge in [-0.1, -0.05) is 13.8 Å². The molecule has 0 spiro atoms. The fraction of sp³-hybridized carbons (Fsp3) is 0.647. The zero-order chi connectivity index (χ0) is 14.7. The average molecular weight is 304 g/mol. The summed E-state index contributed by atoms with van der Waals surface area (Å²) >= 11 is 1.70. The lowest BCUT2D eigenvalue weighted by Crippen LogP contribution is -2.29. The number of carbonyl (C=O) groups excluding carboxylic acids is 2. The Kier molecular flexibility index (Phi) is 3.09. The second-order valence-electron chi connectivity index (χ2n) is 6.38. The van der Waals surface area contributed by atoms with Crippen molar-refractivity contribution in [1.82, 2.24) is 0 Å². The number of rotatable bonds is 3. The summed E-state index contributed by atoms with van der Waals surface area (Å²) in [5.74, 6) is -0.533. The van der Waals surface area contributed by atoms with Gasteiger partial charge in [0.15, 0.2) is 11.6 Å². The van der Waals surface area contributed by atoms with Gasteiger partial charge in [0.25, 0.3) is 0 Å². The first-order valence-electron chi connectivity index (χ1n) is 7.99. The first-order valence-corrected chi connectivity index (χ1v) is 8.87. The van der Waals surface area contributed by atoms with Gasteiger partial charge in [-0.2, -0.15) is 0 Å². The summed E-state index contributed by atoms with van der Waals surface area (Å²) in [5.41, 5.74) is 2.24. The molecule has 0 radical (unpaired) electrons. The molecule has 3 heterocycles. The average Bonchev–Trinajstić information content (AvgIpc) is 3.22. The molecular formula is C17H20O3S. The van der Waals surface area contributed by atoms with Crippen LogP contribution in [0.1, 0.15) is 48.6 Å². The van der Waals surface area contributed by atoms with Crippen molar-refractivity contribution in [3.05, 3.63) is 21.4 Å². The van der Waals surface area contributed by atoms with Crippen LogP contribution in [0.4, 0.5) is 0 Å². The van der Waals surface area contributed by atoms with Crippen molar-refractivity contribution < 1.29 is 14.3 Å². The van der Waals surface area contributed by atoms with Crippen LogP contribution >= 0.6 is 11.3 Å². The van der Waals surface area contributed by atoms with E-state index in [1.54, 1.807) is 11.3 Å². The van der Waals surface area contributed by atoms with Gasteiger partial charge in [0.05, 0.1) is 24.0 Å². The minimum Gasteiger partial charge on any atom is -0.373 e. The van der Waals surface area contributed by atoms with Crippen molar-refractivity contribution >= 4 is 22.9 Å². The third-order valence-corrected chi connectivity index (χ3v) is 6.68. The Bertz CT molecular complexity index is 568. The van der Waals surface area contributed by atoms with Crippen LogP contribution in [0.5, 0.6) is 0 Å². The predicted octanol–water partition coefficient (Wildman–Crippen LogP) is 2.90. The minimum absolute atomic E-state index is 0.00948. The summed E-state index contributed by atoms with van der Waals surface area (Å²) in [6, 6.07) is 0. The number of fused-ring (bicyclic) bond motifs is 5. The number of hydrogen-bond donors (Lipinski definition) is 0. The zero-order valence-corrected chi connectivity index (χ0v) is 13.2. The quantitative estimate of drug-likeness (QED) is 0.807. The van der Waals surface area contributed by atoms with Crippen LogP contribution in [0.25, 0.3) is 0 Å². The van der Waals surface area contributed by atoms with Crippen LogP contribution < -0.4 is 0 Å². The van der Waals surface area contributed by atoms with E-state index in [4.69, 9.17) is 4.74 Å². The molecule has 112 valence electrons. The monoisotopic (exact) mass is 304 g/mol. The Morgan fingerprint density at radius 1 is 1.10 bits per heavy atom. The third-order valence-electron chi connectivity index (χ3n) is 5.48. The van der Waals surface area contributed by atoms with Gasteiger partial charge in [0.1, 0.15) is 5.92 Å². The van der Waals surface area contributed by atoms with Gasteiger partial charge in [-0.3, -0.25) is 9.59 Å². The fourth-order valence-corrected chi connectivity index (χ4v) is 5.67. The number of hydrogen-bond acceptors (Lipinski definition) is 4. The molecule has 4 rings (SSSR count). The van der Waals surface area contributed by atoms with Crippen molar-refractivity contribution in [2.75, 3.05) is 0 Å². The molecule has 1 unspecified atom stereocenters. The zero-order valence-electron chi connectivity index (χ0n) is 12.4. The molecule has 2 aliphatic heterocycles. The van der Waals surface area contributed by atoms with Crippen LogP contribution in [-0.2, 0) is 27.2 Å². The Hall–Kier alpha value is -1.00. The van der Waals surface area contributed by atoms with Crippen molar-refractivity contribution in [2.24, 2.45) is 11.8 Å². The first-order chi connectivity index (χ1) is 10.2. The van der Waals surface area contributed by atoms with Crippen molar-refractivity contribution in [2.45, 2.75) is 57.7 Å². The van der Waals surface area contributed by atoms with Crippen LogP contribution in [0.15, 0.2) is 5.38 Å². The molecule has 3 aliphatic rings. The second kappa shape index (κ2) is 4.75. The van der Waals surface area contributed by atoms with Gasteiger partial charge < -0.3 is 4.74 Å². The van der Waals surface area contributed by atoms with Gasteiger partial charge in [-0.15, -0.1) is 11.3 Å². The number of aryl methyl sites for hydroxylation is 2. The third kappa shape index (κ3) is 1.69. The van der Waals surface area contributed by atoms with Gasteiger partial charge >= 0.3 is 0 Å². The normalized spacial score (nSPS) is 37.5. The lowest BCUT2D eigenvalue weighted by Gasteiger charge is -2.16. The minimum atomic E-state index is -0.497. The summed E-state index contributed by atoms with van der Waals surface area (Å²) in [6.07, 6.45) is 3.70. The molecule has 5 atom stereocenters. The second-order valence-corrected chi connectivity index (χ2v) is 7.35. The van der Waals surface area contributed by atoms with Crippen LogP contribution in [0, 0.1) is 11.8 Å². The summed E-state index contributed by atoms with van der Waals surface area (Å²) < 4.78 is 5.82. The summed E-state index contributed by atoms with van der Waals surface area (Å²) in [6.45, 7) is 4.20. The van der Waals surface area contributed by atoms with E-state index in [1.165, 1.54) is 10.4 Å². The highest BCUT2D eigenvalue weighted by Gasteiger charge is 2.63. The fourth-order valence-electron chi connectivity index (χ4n) is 4.55. The maximum Gasteiger partial charge on any atom is 0.154 e. The Morgan fingerprint density at radius 3 is 2.24 bits per heavy atom. The molecule has 3 fully saturated rings. The molecule has 0 amide bonds. The molecule has 2 saturated heterocycles. The molecular weight excluding hydrogens is 284 g/mol. The number of thiophene rings is 1. The summed E-state index contributed by atoms with van der Waals surface area (Å²) in [4.78, 5) is 27.1. The molecule has 1 aromatic rings. The van der Waals surface area contributed by atoms with Crippen molar-refractivity contribution in [3.63, 3.8) is 0 Å². The lowest BCUT2D eigenvalue weighted by atomic mass is 9.81. The number of Topliss-reactive ketones (excluding diaryl/α,β-unsaturated/α-hetero) is 2. The number of ether oxygens (including phenoxy) is 1. The van der Waals surface area contributed by atoms with E-state index in [9.17, 15) is 9.59 Å². The molecule has 0 aromatic carbocycles. The van der Waals surface area contributed by atoms with E-state index in [-0.39, 0.29) is 35.6 Å². The van der Waals surface area contributed by atoms with Gasteiger partial charge in [-0.25, -0.2) is 0 Å². The largest absolute Gasteiger partial charge is 0.373 e. The van der Waals surface area contributed by atoms with E-state index < -0.39 is 5.92 Å². The van der Waals surface area contributed by atoms with E-state index >= 15 is 0 Å². The van der Waals surface area contributed by atoms with Crippen molar-refractivity contribution in [1.29, 1.82) is 0 Å². The molecule has 0 N–H and O–H groups in total. The van der Waals surface area contributed by atoms with Gasteiger partial charge in [0, 0.05) is 4.88 Å². The van der Waals surface area contributed by atoms with Gasteiger partial charge in [0.2, 0.25) is 0 Å². The number of ketones is 2. The topological polar surface area (TPSA) is 43.4 Å². The molecule has 2 bridgehead atoms. The maximum absolute atomic E-state index is 12.9. The summed E-state index contributed by atoms with van der Waals surface area (Å²) in [7, 11) is 0. The Morgan fingerprint density at radius 2 is 1.71 bits per heavy atom. The van der Waals surface area contributed by atoms with Crippen LogP contribution in [0.3, 0.4) is 0 Å². The highest BCUT2D eigenvalue weighted by atomic mass is 32.1. The van der Waals surface area contributed by atoms with Crippen molar-refractivity contribution in [3.8, 4) is 0 Å². The SMILES string of the molecule is CCc1csc(CC)c1C1C(=O)[C@@H]2[C@H](C1=O)[C@H]1CC[C@@H]2O1. The highest BCUT2D eigenvalue weighted by Crippen LogP contribution is 2.53. The van der Waals surface area contributed by atoms with Gasteiger partial charge in [-0.05, 0) is 42.2 Å². The first kappa shape index (κ1) is 13.6. The lowest BCUT2D eigenvalue weighted by molar-refractivity contribution is -0.127. The van der Waals surface area contributed by atoms with E-state index in [1.807, 2.05) is 0 Å². The molecule has 4 heteroatoms. The summed E-state index contributed by atoms with van der Waals surface area (Å²) in [5, 5.41) is 2.13. The molecule has 21 heavy (non-hydrogen) atoms. The molecule has 1 aliphatic carbocycles. The van der Waals surface area contributed by atoms with Crippen LogP contribution in [0.2, 0.25) is 0 Å². The smallest absolute Gasteiger partial charge is 0.154 e. The maximum atomic E-state index is 12.9. The molecule has 3 nitrogen and oxygen atoms in total. The number of carbonyl (C=O) groups is 2. The van der Waals surface area contributed by atoms with E-state index in [0.29, 0.717) is 0 Å². The molecule has 1 aromatic heterocycles. The predicted molar refractivity (Wildman–Crippen MR) is 80.7 cm³/mol. The van der Waals surface area contributed by atoms with E-state index in [2.05, 4.69) is 19.2 Å². The highest BCUT2D eigenvalue weighted by molar-refractivity contribution is 7.10. The molecule has 1 saturated carbocycles. The Balaban J connectivity index is 1.78. The van der Waals surface area contributed by atoms with E-state index in [0.717, 1.165) is 31.2 Å². The standard InChI is InChI=1S/C17H20O3S/c1-3-8-7-21-11(4-2)12(8)15-16(18)13-9-5-6-10(20-9)14(13)17(15)19/h7,9-10,13-15H,3-6H2,1-2H3/t9-,10+,13-,14+,15?. The Labute approximate surface area is 128 Å².